The van der Waals surface area contributed by atoms with Crippen molar-refractivity contribution < 1.29 is 0 Å². The third-order valence-electron chi connectivity index (χ3n) is 3.46. The van der Waals surface area contributed by atoms with Crippen LogP contribution in [0.25, 0.3) is 5.82 Å². The molecule has 0 spiro atoms. The summed E-state index contributed by atoms with van der Waals surface area (Å²) in [6, 6.07) is 4.10. The summed E-state index contributed by atoms with van der Waals surface area (Å²) in [7, 11) is 0. The molecule has 3 nitrogen and oxygen atoms in total. The van der Waals surface area contributed by atoms with E-state index in [9.17, 15) is 0 Å². The highest BCUT2D eigenvalue weighted by molar-refractivity contribution is 6.17. The van der Waals surface area contributed by atoms with Crippen molar-refractivity contribution in [3.8, 4) is 5.82 Å². The summed E-state index contributed by atoms with van der Waals surface area (Å²) in [5, 5.41) is 4.57. The Bertz CT molecular complexity index is 587. The predicted molar refractivity (Wildman–Crippen MR) is 79.1 cm³/mol. The van der Waals surface area contributed by atoms with Gasteiger partial charge in [0, 0.05) is 17.3 Å². The van der Waals surface area contributed by atoms with E-state index in [1.54, 1.807) is 0 Å². The van der Waals surface area contributed by atoms with Gasteiger partial charge in [-0.1, -0.05) is 13.3 Å². The smallest absolute Gasteiger partial charge is 0.154 e. The van der Waals surface area contributed by atoms with Crippen molar-refractivity contribution >= 4 is 11.6 Å². The lowest BCUT2D eigenvalue weighted by molar-refractivity contribution is 0.783. The van der Waals surface area contributed by atoms with Gasteiger partial charge in [-0.25, -0.2) is 9.67 Å². The van der Waals surface area contributed by atoms with Crippen LogP contribution in [0.3, 0.4) is 0 Å². The first-order valence-corrected chi connectivity index (χ1v) is 7.19. The fourth-order valence-corrected chi connectivity index (χ4v) is 2.30. The van der Waals surface area contributed by atoms with Crippen LogP contribution in [0.5, 0.6) is 0 Å². The van der Waals surface area contributed by atoms with Crippen LogP contribution in [-0.2, 0) is 12.3 Å². The first-order chi connectivity index (χ1) is 9.06. The summed E-state index contributed by atoms with van der Waals surface area (Å²) >= 11 is 5.98. The van der Waals surface area contributed by atoms with Gasteiger partial charge in [-0.2, -0.15) is 5.10 Å². The van der Waals surface area contributed by atoms with Gasteiger partial charge < -0.3 is 0 Å². The van der Waals surface area contributed by atoms with Gasteiger partial charge in [-0.15, -0.1) is 11.6 Å². The highest BCUT2D eigenvalue weighted by atomic mass is 35.5. The standard InChI is InChI=1S/C15H20ClN3/c1-5-6-14-7-13(9-16)8-15(17-14)19-12(4)10(2)11(3)18-19/h7-8H,5-6,9H2,1-4H3. The second-order valence-electron chi connectivity index (χ2n) is 4.92. The number of halogens is 1. The maximum atomic E-state index is 5.98. The highest BCUT2D eigenvalue weighted by Crippen LogP contribution is 2.18. The van der Waals surface area contributed by atoms with Crippen molar-refractivity contribution in [2.24, 2.45) is 0 Å². The Kier molecular flexibility index (Phi) is 4.25. The molecule has 0 saturated heterocycles. The van der Waals surface area contributed by atoms with Gasteiger partial charge in [0.05, 0.1) is 5.69 Å². The Morgan fingerprint density at radius 2 is 1.95 bits per heavy atom. The summed E-state index contributed by atoms with van der Waals surface area (Å²) in [6.07, 6.45) is 2.05. The van der Waals surface area contributed by atoms with Crippen LogP contribution in [0.15, 0.2) is 12.1 Å². The predicted octanol–water partition coefficient (Wildman–Crippen LogP) is 3.88. The average molecular weight is 278 g/mol. The minimum atomic E-state index is 0.504. The van der Waals surface area contributed by atoms with Gasteiger partial charge in [0.2, 0.25) is 0 Å². The van der Waals surface area contributed by atoms with Gasteiger partial charge >= 0.3 is 0 Å². The topological polar surface area (TPSA) is 30.7 Å². The number of hydrogen-bond acceptors (Lipinski definition) is 2. The Labute approximate surface area is 119 Å². The van der Waals surface area contributed by atoms with E-state index in [0.717, 1.165) is 41.3 Å². The summed E-state index contributed by atoms with van der Waals surface area (Å²) in [5.41, 5.74) is 5.59. The molecule has 0 saturated carbocycles. The molecule has 4 heteroatoms. The minimum absolute atomic E-state index is 0.504. The quantitative estimate of drug-likeness (QED) is 0.794. The summed E-state index contributed by atoms with van der Waals surface area (Å²) in [4.78, 5) is 4.70. The van der Waals surface area contributed by atoms with E-state index in [1.807, 2.05) is 17.7 Å². The van der Waals surface area contributed by atoms with Gasteiger partial charge in [0.25, 0.3) is 0 Å². The molecule has 0 amide bonds. The van der Waals surface area contributed by atoms with Crippen LogP contribution < -0.4 is 0 Å². The molecular weight excluding hydrogens is 258 g/mol. The maximum absolute atomic E-state index is 5.98. The number of rotatable bonds is 4. The zero-order chi connectivity index (χ0) is 14.0. The summed E-state index contributed by atoms with van der Waals surface area (Å²) in [6.45, 7) is 8.34. The van der Waals surface area contributed by atoms with Crippen molar-refractivity contribution in [2.45, 2.75) is 46.4 Å². The highest BCUT2D eigenvalue weighted by Gasteiger charge is 2.11. The van der Waals surface area contributed by atoms with Crippen LogP contribution in [0.1, 0.15) is 41.6 Å². The number of pyridine rings is 1. The molecule has 19 heavy (non-hydrogen) atoms. The molecule has 0 aliphatic heterocycles. The normalized spacial score (nSPS) is 11.0. The second kappa shape index (κ2) is 5.74. The third-order valence-corrected chi connectivity index (χ3v) is 3.76. The fourth-order valence-electron chi connectivity index (χ4n) is 2.15. The third kappa shape index (κ3) is 2.81. The fraction of sp³-hybridized carbons (Fsp3) is 0.467. The summed E-state index contributed by atoms with van der Waals surface area (Å²) in [5.74, 6) is 1.38. The van der Waals surface area contributed by atoms with Crippen molar-refractivity contribution in [1.29, 1.82) is 0 Å². The zero-order valence-electron chi connectivity index (χ0n) is 12.0. The molecule has 0 atom stereocenters. The number of aromatic nitrogens is 3. The number of alkyl halides is 1. The number of hydrogen-bond donors (Lipinski definition) is 0. The molecule has 2 rings (SSSR count). The van der Waals surface area contributed by atoms with Crippen molar-refractivity contribution in [2.75, 3.05) is 0 Å². The van der Waals surface area contributed by atoms with Crippen molar-refractivity contribution in [3.63, 3.8) is 0 Å². The van der Waals surface area contributed by atoms with Crippen LogP contribution >= 0.6 is 11.6 Å². The summed E-state index contributed by atoms with van der Waals surface area (Å²) < 4.78 is 1.92. The van der Waals surface area contributed by atoms with E-state index in [2.05, 4.69) is 31.9 Å². The molecule has 0 N–H and O–H groups in total. The molecule has 0 fully saturated rings. The first kappa shape index (κ1) is 14.1. The molecule has 0 unspecified atom stereocenters. The molecular formula is C15H20ClN3. The number of aryl methyl sites for hydroxylation is 2. The lowest BCUT2D eigenvalue weighted by Crippen LogP contribution is -2.05. The van der Waals surface area contributed by atoms with E-state index >= 15 is 0 Å². The molecule has 2 heterocycles. The lowest BCUT2D eigenvalue weighted by atomic mass is 10.2. The van der Waals surface area contributed by atoms with E-state index in [4.69, 9.17) is 16.6 Å². The second-order valence-corrected chi connectivity index (χ2v) is 5.18. The Balaban J connectivity index is 2.54. The van der Waals surface area contributed by atoms with Crippen LogP contribution in [0.4, 0.5) is 0 Å². The van der Waals surface area contributed by atoms with Gasteiger partial charge in [-0.05, 0) is 50.5 Å². The van der Waals surface area contributed by atoms with E-state index < -0.39 is 0 Å². The monoisotopic (exact) mass is 277 g/mol. The molecule has 0 radical (unpaired) electrons. The molecule has 0 aliphatic carbocycles. The minimum Gasteiger partial charge on any atom is -0.234 e. The van der Waals surface area contributed by atoms with E-state index in [1.165, 1.54) is 5.56 Å². The van der Waals surface area contributed by atoms with Crippen LogP contribution in [0, 0.1) is 20.8 Å². The lowest BCUT2D eigenvalue weighted by Gasteiger charge is -2.08. The largest absolute Gasteiger partial charge is 0.234 e. The molecule has 0 bridgehead atoms. The number of nitrogens with zero attached hydrogens (tertiary/aromatic N) is 3. The molecule has 2 aromatic rings. The van der Waals surface area contributed by atoms with Gasteiger partial charge in [0.1, 0.15) is 0 Å². The molecule has 0 aromatic carbocycles. The van der Waals surface area contributed by atoms with Gasteiger partial charge in [-0.3, -0.25) is 0 Å². The molecule has 102 valence electrons. The Morgan fingerprint density at radius 1 is 1.21 bits per heavy atom. The van der Waals surface area contributed by atoms with Crippen LogP contribution in [0.2, 0.25) is 0 Å². The molecule has 2 aromatic heterocycles. The van der Waals surface area contributed by atoms with Crippen molar-refractivity contribution in [3.05, 3.63) is 40.3 Å². The Hall–Kier alpha value is -1.35. The molecule has 0 aliphatic rings. The maximum Gasteiger partial charge on any atom is 0.154 e. The SMILES string of the molecule is CCCc1cc(CCl)cc(-n2nc(C)c(C)c2C)n1. The van der Waals surface area contributed by atoms with Crippen LogP contribution in [-0.4, -0.2) is 14.8 Å². The Morgan fingerprint density at radius 3 is 2.47 bits per heavy atom. The average Bonchev–Trinajstić information content (AvgIpc) is 2.66. The van der Waals surface area contributed by atoms with Gasteiger partial charge in [0.15, 0.2) is 5.82 Å². The first-order valence-electron chi connectivity index (χ1n) is 6.65. The van der Waals surface area contributed by atoms with E-state index in [0.29, 0.717) is 5.88 Å². The van der Waals surface area contributed by atoms with E-state index in [-0.39, 0.29) is 0 Å². The van der Waals surface area contributed by atoms with Crippen molar-refractivity contribution in [1.82, 2.24) is 14.8 Å². The zero-order valence-corrected chi connectivity index (χ0v) is 12.8.